The molecule has 0 unspecified atom stereocenters. The van der Waals surface area contributed by atoms with E-state index in [4.69, 9.17) is 9.47 Å². The molecule has 0 aromatic heterocycles. The van der Waals surface area contributed by atoms with Gasteiger partial charge in [-0.05, 0) is 61.8 Å². The van der Waals surface area contributed by atoms with Gasteiger partial charge in [0.15, 0.2) is 0 Å². The lowest BCUT2D eigenvalue weighted by atomic mass is 9.98. The Labute approximate surface area is 167 Å². The van der Waals surface area contributed by atoms with Crippen molar-refractivity contribution in [3.8, 4) is 0 Å². The topological polar surface area (TPSA) is 59.9 Å². The van der Waals surface area contributed by atoms with E-state index in [1.54, 1.807) is 0 Å². The van der Waals surface area contributed by atoms with E-state index in [1.165, 1.54) is 6.07 Å². The maximum atomic E-state index is 13.1. The Morgan fingerprint density at radius 3 is 2.45 bits per heavy atom. The maximum Gasteiger partial charge on any atom is 0.416 e. The molecule has 0 radical (unpaired) electrons. The Kier molecular flexibility index (Phi) is 6.03. The lowest BCUT2D eigenvalue weighted by Gasteiger charge is -2.31. The summed E-state index contributed by atoms with van der Waals surface area (Å²) in [6, 6.07) is 3.59. The number of nitrogens with one attached hydrogen (secondary N) is 1. The summed E-state index contributed by atoms with van der Waals surface area (Å²) in [4.78, 5) is 17.2. The molecular weight excluding hydrogens is 385 g/mol. The number of carbonyl (C=O) groups excluding carboxylic acids is 1. The average molecular weight is 410 g/mol. The van der Waals surface area contributed by atoms with Crippen molar-refractivity contribution in [3.05, 3.63) is 34.9 Å². The van der Waals surface area contributed by atoms with E-state index in [1.807, 2.05) is 0 Å². The molecular formula is C21H25F3N2O3. The Hall–Kier alpha value is -1.77. The molecule has 1 aromatic rings. The number of hydrogen-bond donors (Lipinski definition) is 1. The Morgan fingerprint density at radius 2 is 1.76 bits per heavy atom. The second-order valence-electron chi connectivity index (χ2n) is 7.93. The van der Waals surface area contributed by atoms with Gasteiger partial charge in [-0.15, -0.1) is 0 Å². The molecule has 2 saturated heterocycles. The van der Waals surface area contributed by atoms with Gasteiger partial charge in [-0.3, -0.25) is 4.79 Å². The van der Waals surface area contributed by atoms with E-state index < -0.39 is 17.6 Å². The molecule has 2 aliphatic heterocycles. The monoisotopic (exact) mass is 410 g/mol. The highest BCUT2D eigenvalue weighted by Crippen LogP contribution is 2.44. The average Bonchev–Trinajstić information content (AvgIpc) is 3.54. The van der Waals surface area contributed by atoms with Crippen LogP contribution in [0.5, 0.6) is 0 Å². The van der Waals surface area contributed by atoms with Crippen LogP contribution in [0.25, 0.3) is 0 Å². The SMILES string of the molecule is O=C(N=C1COCC[C@H]1NC1CCOCC1)c1ccc(C(F)(F)F)cc1C1CC1. The van der Waals surface area contributed by atoms with Crippen LogP contribution >= 0.6 is 0 Å². The molecule has 3 fully saturated rings. The zero-order valence-electron chi connectivity index (χ0n) is 16.1. The molecule has 1 atom stereocenters. The number of aliphatic imine (C=N–C) groups is 1. The van der Waals surface area contributed by atoms with Crippen LogP contribution in [-0.2, 0) is 15.7 Å². The number of amides is 1. The third kappa shape index (κ3) is 5.05. The fraction of sp³-hybridized carbons (Fsp3) is 0.619. The third-order valence-electron chi connectivity index (χ3n) is 5.73. The minimum Gasteiger partial charge on any atom is -0.381 e. The first-order valence-corrected chi connectivity index (χ1v) is 10.2. The predicted molar refractivity (Wildman–Crippen MR) is 101 cm³/mol. The molecule has 8 heteroatoms. The smallest absolute Gasteiger partial charge is 0.381 e. The number of halogens is 3. The van der Waals surface area contributed by atoms with Gasteiger partial charge in [-0.2, -0.15) is 13.2 Å². The van der Waals surface area contributed by atoms with Crippen LogP contribution in [0, 0.1) is 0 Å². The van der Waals surface area contributed by atoms with E-state index in [0.29, 0.717) is 43.6 Å². The summed E-state index contributed by atoms with van der Waals surface area (Å²) in [5.74, 6) is -0.477. The van der Waals surface area contributed by atoms with Gasteiger partial charge in [0.05, 0.1) is 23.9 Å². The molecule has 0 spiro atoms. The van der Waals surface area contributed by atoms with Gasteiger partial charge in [-0.25, -0.2) is 4.99 Å². The molecule has 3 aliphatic rings. The van der Waals surface area contributed by atoms with Gasteiger partial charge in [0, 0.05) is 31.4 Å². The zero-order chi connectivity index (χ0) is 20.4. The van der Waals surface area contributed by atoms with E-state index >= 15 is 0 Å². The molecule has 0 bridgehead atoms. The van der Waals surface area contributed by atoms with E-state index in [9.17, 15) is 18.0 Å². The van der Waals surface area contributed by atoms with Crippen LogP contribution in [0.2, 0.25) is 0 Å². The molecule has 1 N–H and O–H groups in total. The van der Waals surface area contributed by atoms with Crippen molar-refractivity contribution in [2.75, 3.05) is 26.4 Å². The summed E-state index contributed by atoms with van der Waals surface area (Å²) in [6.45, 7) is 2.26. The van der Waals surface area contributed by atoms with Gasteiger partial charge in [0.25, 0.3) is 5.91 Å². The number of hydrogen-bond acceptors (Lipinski definition) is 4. The Morgan fingerprint density at radius 1 is 1.03 bits per heavy atom. The second-order valence-corrected chi connectivity index (χ2v) is 7.93. The van der Waals surface area contributed by atoms with Crippen molar-refractivity contribution in [2.24, 2.45) is 4.99 Å². The van der Waals surface area contributed by atoms with Crippen LogP contribution in [0.3, 0.4) is 0 Å². The highest BCUT2D eigenvalue weighted by atomic mass is 19.4. The predicted octanol–water partition coefficient (Wildman–Crippen LogP) is 3.72. The fourth-order valence-electron chi connectivity index (χ4n) is 3.94. The highest BCUT2D eigenvalue weighted by molar-refractivity contribution is 6.07. The summed E-state index contributed by atoms with van der Waals surface area (Å²) in [6.07, 6.45) is -0.296. The van der Waals surface area contributed by atoms with Crippen LogP contribution in [0.4, 0.5) is 13.2 Å². The first-order chi connectivity index (χ1) is 13.9. The van der Waals surface area contributed by atoms with Crippen LogP contribution in [0.1, 0.15) is 59.5 Å². The quantitative estimate of drug-likeness (QED) is 0.822. The summed E-state index contributed by atoms with van der Waals surface area (Å²) < 4.78 is 50.1. The normalized spacial score (nSPS) is 25.3. The number of rotatable bonds is 4. The first-order valence-electron chi connectivity index (χ1n) is 10.2. The van der Waals surface area contributed by atoms with E-state index in [0.717, 1.165) is 37.8 Å². The summed E-state index contributed by atoms with van der Waals surface area (Å²) in [7, 11) is 0. The number of carbonyl (C=O) groups is 1. The van der Waals surface area contributed by atoms with E-state index in [2.05, 4.69) is 10.3 Å². The van der Waals surface area contributed by atoms with Crippen LogP contribution in [0.15, 0.2) is 23.2 Å². The van der Waals surface area contributed by atoms with Crippen molar-refractivity contribution >= 4 is 11.6 Å². The van der Waals surface area contributed by atoms with Crippen molar-refractivity contribution in [1.82, 2.24) is 5.32 Å². The number of alkyl halides is 3. The van der Waals surface area contributed by atoms with Crippen molar-refractivity contribution in [1.29, 1.82) is 0 Å². The van der Waals surface area contributed by atoms with Gasteiger partial charge >= 0.3 is 6.18 Å². The van der Waals surface area contributed by atoms with E-state index in [-0.39, 0.29) is 24.1 Å². The standard InChI is InChI=1S/C21H25F3N2O3/c22-21(23,24)14-3-4-16(17(11-14)13-1-2-13)20(27)26-19-12-29-10-7-18(19)25-15-5-8-28-9-6-15/h3-4,11,13,15,18,25H,1-2,5-10,12H2/t18-/m1/s1. The summed E-state index contributed by atoms with van der Waals surface area (Å²) in [5.41, 5.74) is 0.626. The summed E-state index contributed by atoms with van der Waals surface area (Å²) >= 11 is 0. The van der Waals surface area contributed by atoms with Crippen LogP contribution < -0.4 is 5.32 Å². The fourth-order valence-corrected chi connectivity index (χ4v) is 3.94. The Balaban J connectivity index is 1.55. The molecule has 1 saturated carbocycles. The number of ether oxygens (including phenoxy) is 2. The minimum atomic E-state index is -4.42. The molecule has 2 heterocycles. The first kappa shape index (κ1) is 20.5. The van der Waals surface area contributed by atoms with Crippen molar-refractivity contribution in [3.63, 3.8) is 0 Å². The summed E-state index contributed by atoms with van der Waals surface area (Å²) in [5, 5.41) is 3.55. The van der Waals surface area contributed by atoms with Gasteiger partial charge in [0.1, 0.15) is 0 Å². The van der Waals surface area contributed by atoms with Gasteiger partial charge in [0.2, 0.25) is 0 Å². The maximum absolute atomic E-state index is 13.1. The van der Waals surface area contributed by atoms with Crippen molar-refractivity contribution < 1.29 is 27.4 Å². The number of benzene rings is 1. The van der Waals surface area contributed by atoms with Crippen molar-refractivity contribution in [2.45, 2.75) is 56.3 Å². The Bertz CT molecular complexity index is 784. The lowest BCUT2D eigenvalue weighted by Crippen LogP contribution is -2.49. The zero-order valence-corrected chi connectivity index (χ0v) is 16.1. The highest BCUT2D eigenvalue weighted by Gasteiger charge is 2.35. The molecule has 1 aromatic carbocycles. The number of nitrogens with zero attached hydrogens (tertiary/aromatic N) is 1. The van der Waals surface area contributed by atoms with Gasteiger partial charge in [-0.1, -0.05) is 0 Å². The molecule has 4 rings (SSSR count). The minimum absolute atomic E-state index is 0.00946. The van der Waals surface area contributed by atoms with Gasteiger partial charge < -0.3 is 14.8 Å². The second kappa shape index (κ2) is 8.53. The molecule has 158 valence electrons. The molecule has 5 nitrogen and oxygen atoms in total. The molecule has 1 aliphatic carbocycles. The molecule has 29 heavy (non-hydrogen) atoms. The lowest BCUT2D eigenvalue weighted by molar-refractivity contribution is -0.137. The van der Waals surface area contributed by atoms with Crippen LogP contribution in [-0.4, -0.2) is 50.1 Å². The largest absolute Gasteiger partial charge is 0.416 e. The molecule has 1 amide bonds. The third-order valence-corrected chi connectivity index (χ3v) is 5.73.